The molecule has 21 heavy (non-hydrogen) atoms. The molecule has 0 aliphatic heterocycles. The van der Waals surface area contributed by atoms with E-state index in [0.29, 0.717) is 35.5 Å². The number of rotatable bonds is 2. The molecule has 2 aliphatic rings. The van der Waals surface area contributed by atoms with Crippen LogP contribution in [0.15, 0.2) is 0 Å². The minimum absolute atomic E-state index is 0.00468. The second kappa shape index (κ2) is 6.20. The maximum atomic E-state index is 10.8. The van der Waals surface area contributed by atoms with E-state index in [9.17, 15) is 10.2 Å². The Kier molecular flexibility index (Phi) is 5.10. The van der Waals surface area contributed by atoms with Gasteiger partial charge in [0.1, 0.15) is 0 Å². The highest BCUT2D eigenvalue weighted by atomic mass is 16.3. The van der Waals surface area contributed by atoms with Gasteiger partial charge in [-0.2, -0.15) is 0 Å². The maximum Gasteiger partial charge on any atom is 0.0599 e. The van der Waals surface area contributed by atoms with Crippen molar-refractivity contribution in [2.24, 2.45) is 40.9 Å². The molecule has 8 atom stereocenters. The normalized spacial score (nSPS) is 49.1. The first-order chi connectivity index (χ1) is 9.64. The zero-order valence-corrected chi connectivity index (χ0v) is 14.8. The lowest BCUT2D eigenvalue weighted by atomic mass is 9.55. The molecule has 2 nitrogen and oxygen atoms in total. The van der Waals surface area contributed by atoms with E-state index in [0.717, 1.165) is 25.7 Å². The van der Waals surface area contributed by atoms with Crippen molar-refractivity contribution in [1.82, 2.24) is 0 Å². The zero-order valence-electron chi connectivity index (χ0n) is 14.8. The van der Waals surface area contributed by atoms with Gasteiger partial charge in [0.2, 0.25) is 0 Å². The van der Waals surface area contributed by atoms with Gasteiger partial charge in [0.15, 0.2) is 0 Å². The van der Waals surface area contributed by atoms with Crippen LogP contribution >= 0.6 is 0 Å². The molecule has 0 saturated heterocycles. The topological polar surface area (TPSA) is 40.5 Å². The quantitative estimate of drug-likeness (QED) is 0.805. The fourth-order valence-corrected chi connectivity index (χ4v) is 5.44. The molecule has 0 aromatic rings. The van der Waals surface area contributed by atoms with Crippen LogP contribution in [0.1, 0.15) is 67.2 Å². The first-order valence-electron chi connectivity index (χ1n) is 9.00. The minimum Gasteiger partial charge on any atom is -0.393 e. The lowest BCUT2D eigenvalue weighted by Crippen LogP contribution is -2.51. The first kappa shape index (κ1) is 17.3. The van der Waals surface area contributed by atoms with E-state index >= 15 is 0 Å². The minimum atomic E-state index is -0.212. The van der Waals surface area contributed by atoms with Crippen LogP contribution in [-0.2, 0) is 0 Å². The molecule has 2 rings (SSSR count). The highest BCUT2D eigenvalue weighted by Gasteiger charge is 2.49. The van der Waals surface area contributed by atoms with Crippen molar-refractivity contribution < 1.29 is 10.2 Å². The van der Waals surface area contributed by atoms with Crippen LogP contribution in [0.2, 0.25) is 0 Å². The van der Waals surface area contributed by atoms with E-state index in [1.54, 1.807) is 0 Å². The Morgan fingerprint density at radius 3 is 1.33 bits per heavy atom. The van der Waals surface area contributed by atoms with E-state index < -0.39 is 0 Å². The van der Waals surface area contributed by atoms with Gasteiger partial charge in [-0.3, -0.25) is 0 Å². The predicted molar refractivity (Wildman–Crippen MR) is 87.9 cm³/mol. The van der Waals surface area contributed by atoms with Crippen LogP contribution in [0, 0.1) is 40.9 Å². The van der Waals surface area contributed by atoms with Gasteiger partial charge < -0.3 is 10.2 Å². The molecule has 0 heterocycles. The van der Waals surface area contributed by atoms with Crippen molar-refractivity contribution in [3.05, 3.63) is 0 Å². The van der Waals surface area contributed by atoms with Gasteiger partial charge in [-0.05, 0) is 66.6 Å². The number of hydrogen-bond acceptors (Lipinski definition) is 2. The van der Waals surface area contributed by atoms with Gasteiger partial charge in [-0.1, -0.05) is 41.5 Å². The number of hydrogen-bond donors (Lipinski definition) is 2. The molecule has 2 aliphatic carbocycles. The molecule has 0 amide bonds. The fraction of sp³-hybridized carbons (Fsp3) is 1.00. The van der Waals surface area contributed by atoms with E-state index in [-0.39, 0.29) is 17.6 Å². The van der Waals surface area contributed by atoms with Crippen molar-refractivity contribution in [2.45, 2.75) is 79.4 Å². The molecular weight excluding hydrogens is 260 g/mol. The van der Waals surface area contributed by atoms with Crippen LogP contribution in [0.4, 0.5) is 0 Å². The third kappa shape index (κ3) is 3.32. The van der Waals surface area contributed by atoms with Gasteiger partial charge >= 0.3 is 0 Å². The largest absolute Gasteiger partial charge is 0.393 e. The lowest BCUT2D eigenvalue weighted by molar-refractivity contribution is -0.117. The highest BCUT2D eigenvalue weighted by molar-refractivity contribution is 4.98. The van der Waals surface area contributed by atoms with Crippen LogP contribution in [-0.4, -0.2) is 22.4 Å². The maximum absolute atomic E-state index is 10.8. The standard InChI is InChI=1S/C19H36O2/c1-11-7-13(3)17(20)15(9-11)19(5,6)16-10-12(2)8-14(4)18(16)21/h11-18,20-21H,7-10H2,1-6H3. The molecule has 8 unspecified atom stereocenters. The van der Waals surface area contributed by atoms with Crippen LogP contribution in [0.25, 0.3) is 0 Å². The molecule has 0 bridgehead atoms. The molecule has 2 N–H and O–H groups in total. The molecule has 2 saturated carbocycles. The SMILES string of the molecule is CC1CC(C)C(O)C(C(C)(C)C2CC(C)CC(C)C2O)C1. The van der Waals surface area contributed by atoms with Crippen LogP contribution < -0.4 is 0 Å². The second-order valence-electron chi connectivity index (χ2n) is 9.12. The molecule has 0 spiro atoms. The summed E-state index contributed by atoms with van der Waals surface area (Å²) in [5, 5.41) is 21.5. The molecule has 124 valence electrons. The lowest BCUT2D eigenvalue weighted by Gasteiger charge is -2.52. The van der Waals surface area contributed by atoms with Gasteiger partial charge in [-0.25, -0.2) is 0 Å². The number of aliphatic hydroxyl groups is 2. The summed E-state index contributed by atoms with van der Waals surface area (Å²) in [6.07, 6.45) is 4.04. The summed E-state index contributed by atoms with van der Waals surface area (Å²) in [6.45, 7) is 13.6. The number of aliphatic hydroxyl groups excluding tert-OH is 2. The van der Waals surface area contributed by atoms with Crippen LogP contribution in [0.5, 0.6) is 0 Å². The summed E-state index contributed by atoms with van der Waals surface area (Å²) >= 11 is 0. The van der Waals surface area contributed by atoms with Gasteiger partial charge in [0.25, 0.3) is 0 Å². The summed E-state index contributed by atoms with van der Waals surface area (Å²) in [5.74, 6) is 2.76. The van der Waals surface area contributed by atoms with E-state index in [1.807, 2.05) is 0 Å². The van der Waals surface area contributed by atoms with Crippen molar-refractivity contribution in [3.63, 3.8) is 0 Å². The first-order valence-corrected chi connectivity index (χ1v) is 9.00. The summed E-state index contributed by atoms with van der Waals surface area (Å²) in [4.78, 5) is 0. The molecule has 2 fully saturated rings. The Bertz CT molecular complexity index is 319. The van der Waals surface area contributed by atoms with E-state index in [4.69, 9.17) is 0 Å². The van der Waals surface area contributed by atoms with Gasteiger partial charge in [-0.15, -0.1) is 0 Å². The zero-order chi connectivity index (χ0) is 15.9. The third-order valence-electron chi connectivity index (χ3n) is 6.76. The van der Waals surface area contributed by atoms with Crippen molar-refractivity contribution in [1.29, 1.82) is 0 Å². The van der Waals surface area contributed by atoms with E-state index in [2.05, 4.69) is 41.5 Å². The molecular formula is C19H36O2. The van der Waals surface area contributed by atoms with Gasteiger partial charge in [0.05, 0.1) is 12.2 Å². The average molecular weight is 296 g/mol. The summed E-state index contributed by atoms with van der Waals surface area (Å²) < 4.78 is 0. The summed E-state index contributed by atoms with van der Waals surface area (Å²) in [5.41, 5.74) is 0.00468. The highest BCUT2D eigenvalue weighted by Crippen LogP contribution is 2.52. The second-order valence-corrected chi connectivity index (χ2v) is 9.12. The smallest absolute Gasteiger partial charge is 0.0599 e. The Hall–Kier alpha value is -0.0800. The summed E-state index contributed by atoms with van der Waals surface area (Å²) in [7, 11) is 0. The molecule has 0 aromatic carbocycles. The molecule has 2 heteroatoms. The average Bonchev–Trinajstić information content (AvgIpc) is 2.37. The molecule has 0 radical (unpaired) electrons. The Morgan fingerprint density at radius 2 is 1.00 bits per heavy atom. The van der Waals surface area contributed by atoms with E-state index in [1.165, 1.54) is 0 Å². The fourth-order valence-electron chi connectivity index (χ4n) is 5.44. The Labute approximate surface area is 131 Å². The molecule has 0 aromatic heterocycles. The van der Waals surface area contributed by atoms with Crippen LogP contribution in [0.3, 0.4) is 0 Å². The monoisotopic (exact) mass is 296 g/mol. The Morgan fingerprint density at radius 1 is 0.667 bits per heavy atom. The van der Waals surface area contributed by atoms with Crippen molar-refractivity contribution in [3.8, 4) is 0 Å². The van der Waals surface area contributed by atoms with Crippen molar-refractivity contribution >= 4 is 0 Å². The third-order valence-corrected chi connectivity index (χ3v) is 6.76. The Balaban J connectivity index is 2.22. The predicted octanol–water partition coefficient (Wildman–Crippen LogP) is 4.10. The summed E-state index contributed by atoms with van der Waals surface area (Å²) in [6, 6.07) is 0. The van der Waals surface area contributed by atoms with Crippen molar-refractivity contribution in [2.75, 3.05) is 0 Å². The van der Waals surface area contributed by atoms with Gasteiger partial charge in [0, 0.05) is 0 Å².